The van der Waals surface area contributed by atoms with Crippen molar-refractivity contribution in [2.75, 3.05) is 29.9 Å². The first-order chi connectivity index (χ1) is 10.3. The molecule has 0 aromatic heterocycles. The molecule has 2 fully saturated rings. The van der Waals surface area contributed by atoms with Crippen molar-refractivity contribution in [2.45, 2.75) is 31.7 Å². The predicted molar refractivity (Wildman–Crippen MR) is 85.6 cm³/mol. The van der Waals surface area contributed by atoms with Crippen LogP contribution < -0.4 is 21.3 Å². The standard InChI is InChI=1S/C16H24N4O/c17-11-12-4-1-2-7-15(12)19-13-5-3-6-14(10-13)20-9-8-18-16(20)21/h3,5-6,10,12,15,19H,1-2,4,7-9,11,17H2,(H,18,21). The summed E-state index contributed by atoms with van der Waals surface area (Å²) in [6, 6.07) is 8.56. The lowest BCUT2D eigenvalue weighted by Gasteiger charge is -2.32. The lowest BCUT2D eigenvalue weighted by atomic mass is 9.84. The van der Waals surface area contributed by atoms with E-state index in [4.69, 9.17) is 5.73 Å². The molecule has 1 saturated carbocycles. The normalized spacial score (nSPS) is 25.8. The number of nitrogens with one attached hydrogen (secondary N) is 2. The number of urea groups is 1. The molecular formula is C16H24N4O. The second-order valence-electron chi connectivity index (χ2n) is 5.96. The van der Waals surface area contributed by atoms with Gasteiger partial charge in [-0.25, -0.2) is 4.79 Å². The second kappa shape index (κ2) is 6.35. The molecular weight excluding hydrogens is 264 g/mol. The average Bonchev–Trinajstić information content (AvgIpc) is 2.94. The molecule has 2 amide bonds. The summed E-state index contributed by atoms with van der Waals surface area (Å²) in [5, 5.41) is 6.46. The van der Waals surface area contributed by atoms with Crippen LogP contribution in [0.5, 0.6) is 0 Å². The molecule has 1 aromatic carbocycles. The molecule has 114 valence electrons. The molecule has 1 saturated heterocycles. The van der Waals surface area contributed by atoms with Gasteiger partial charge in [-0.3, -0.25) is 4.90 Å². The number of benzene rings is 1. The zero-order valence-electron chi connectivity index (χ0n) is 12.3. The van der Waals surface area contributed by atoms with Gasteiger partial charge in [-0.15, -0.1) is 0 Å². The molecule has 2 aliphatic rings. The van der Waals surface area contributed by atoms with E-state index in [0.717, 1.165) is 24.5 Å². The van der Waals surface area contributed by atoms with Gasteiger partial charge in [0.15, 0.2) is 0 Å². The Bertz CT molecular complexity index is 505. The van der Waals surface area contributed by atoms with Crippen molar-refractivity contribution < 1.29 is 4.79 Å². The number of amides is 2. The van der Waals surface area contributed by atoms with Crippen LogP contribution >= 0.6 is 0 Å². The van der Waals surface area contributed by atoms with Crippen molar-refractivity contribution in [3.63, 3.8) is 0 Å². The van der Waals surface area contributed by atoms with Gasteiger partial charge in [0, 0.05) is 30.5 Å². The molecule has 0 bridgehead atoms. The van der Waals surface area contributed by atoms with Crippen LogP contribution in [0.2, 0.25) is 0 Å². The van der Waals surface area contributed by atoms with E-state index in [2.05, 4.69) is 22.8 Å². The molecule has 1 aliphatic carbocycles. The lowest BCUT2D eigenvalue weighted by molar-refractivity contribution is 0.252. The molecule has 3 rings (SSSR count). The van der Waals surface area contributed by atoms with Crippen molar-refractivity contribution in [1.29, 1.82) is 0 Å². The summed E-state index contributed by atoms with van der Waals surface area (Å²) >= 11 is 0. The van der Waals surface area contributed by atoms with Crippen LogP contribution in [0, 0.1) is 5.92 Å². The first-order valence-corrected chi connectivity index (χ1v) is 7.90. The quantitative estimate of drug-likeness (QED) is 0.795. The van der Waals surface area contributed by atoms with E-state index >= 15 is 0 Å². The van der Waals surface area contributed by atoms with Gasteiger partial charge < -0.3 is 16.4 Å². The van der Waals surface area contributed by atoms with Crippen LogP contribution in [0.25, 0.3) is 0 Å². The number of nitrogens with two attached hydrogens (primary N) is 1. The summed E-state index contributed by atoms with van der Waals surface area (Å²) in [6.07, 6.45) is 4.94. The summed E-state index contributed by atoms with van der Waals surface area (Å²) in [6.45, 7) is 2.19. The molecule has 1 aromatic rings. The number of rotatable bonds is 4. The molecule has 4 N–H and O–H groups in total. The SMILES string of the molecule is NCC1CCCCC1Nc1cccc(N2CCNC2=O)c1. The van der Waals surface area contributed by atoms with E-state index in [-0.39, 0.29) is 6.03 Å². The largest absolute Gasteiger partial charge is 0.382 e. The molecule has 1 heterocycles. The topological polar surface area (TPSA) is 70.4 Å². The van der Waals surface area contributed by atoms with Gasteiger partial charge >= 0.3 is 6.03 Å². The van der Waals surface area contributed by atoms with Gasteiger partial charge in [0.2, 0.25) is 0 Å². The third kappa shape index (κ3) is 3.13. The second-order valence-corrected chi connectivity index (χ2v) is 5.96. The minimum Gasteiger partial charge on any atom is -0.382 e. The van der Waals surface area contributed by atoms with Crippen molar-refractivity contribution >= 4 is 17.4 Å². The Balaban J connectivity index is 1.72. The molecule has 2 unspecified atom stereocenters. The van der Waals surface area contributed by atoms with E-state index in [1.807, 2.05) is 12.1 Å². The van der Waals surface area contributed by atoms with Gasteiger partial charge in [0.05, 0.1) is 0 Å². The van der Waals surface area contributed by atoms with Crippen LogP contribution in [0.1, 0.15) is 25.7 Å². The monoisotopic (exact) mass is 288 g/mol. The first kappa shape index (κ1) is 14.2. The minimum atomic E-state index is -0.00958. The van der Waals surface area contributed by atoms with E-state index in [9.17, 15) is 4.79 Å². The Morgan fingerprint density at radius 2 is 2.19 bits per heavy atom. The van der Waals surface area contributed by atoms with Crippen molar-refractivity contribution in [3.8, 4) is 0 Å². The van der Waals surface area contributed by atoms with Gasteiger partial charge in [0.25, 0.3) is 0 Å². The van der Waals surface area contributed by atoms with Crippen LogP contribution in [0.3, 0.4) is 0 Å². The number of carbonyl (C=O) groups is 1. The highest BCUT2D eigenvalue weighted by Crippen LogP contribution is 2.28. The van der Waals surface area contributed by atoms with E-state index in [0.29, 0.717) is 18.5 Å². The first-order valence-electron chi connectivity index (χ1n) is 7.90. The lowest BCUT2D eigenvalue weighted by Crippen LogP contribution is -2.36. The fourth-order valence-corrected chi connectivity index (χ4v) is 3.38. The highest BCUT2D eigenvalue weighted by molar-refractivity contribution is 5.94. The highest BCUT2D eigenvalue weighted by Gasteiger charge is 2.25. The van der Waals surface area contributed by atoms with Crippen LogP contribution in [0.4, 0.5) is 16.2 Å². The summed E-state index contributed by atoms with van der Waals surface area (Å²) in [7, 11) is 0. The minimum absolute atomic E-state index is 0.00958. The van der Waals surface area contributed by atoms with Gasteiger partial charge in [0.1, 0.15) is 0 Å². The Hall–Kier alpha value is -1.75. The number of carbonyl (C=O) groups excluding carboxylic acids is 1. The summed E-state index contributed by atoms with van der Waals surface area (Å²) in [5.41, 5.74) is 7.93. The Morgan fingerprint density at radius 1 is 1.33 bits per heavy atom. The highest BCUT2D eigenvalue weighted by atomic mass is 16.2. The summed E-state index contributed by atoms with van der Waals surface area (Å²) in [5.74, 6) is 0.553. The van der Waals surface area contributed by atoms with Gasteiger partial charge in [-0.1, -0.05) is 18.9 Å². The summed E-state index contributed by atoms with van der Waals surface area (Å²) in [4.78, 5) is 13.5. The van der Waals surface area contributed by atoms with Crippen LogP contribution in [0.15, 0.2) is 24.3 Å². The van der Waals surface area contributed by atoms with Crippen LogP contribution in [-0.2, 0) is 0 Å². The molecule has 5 heteroatoms. The van der Waals surface area contributed by atoms with E-state index < -0.39 is 0 Å². The molecule has 2 atom stereocenters. The van der Waals surface area contributed by atoms with Crippen molar-refractivity contribution in [2.24, 2.45) is 11.7 Å². The van der Waals surface area contributed by atoms with Crippen molar-refractivity contribution in [1.82, 2.24) is 5.32 Å². The third-order valence-corrected chi connectivity index (χ3v) is 4.58. The van der Waals surface area contributed by atoms with Gasteiger partial charge in [-0.2, -0.15) is 0 Å². The Kier molecular flexibility index (Phi) is 4.29. The third-order valence-electron chi connectivity index (χ3n) is 4.58. The molecule has 21 heavy (non-hydrogen) atoms. The molecule has 0 radical (unpaired) electrons. The zero-order valence-corrected chi connectivity index (χ0v) is 12.3. The zero-order chi connectivity index (χ0) is 14.7. The van der Waals surface area contributed by atoms with Crippen LogP contribution in [-0.4, -0.2) is 31.7 Å². The predicted octanol–water partition coefficient (Wildman–Crippen LogP) is 2.15. The van der Waals surface area contributed by atoms with Gasteiger partial charge in [-0.05, 0) is 43.5 Å². The number of hydrogen-bond acceptors (Lipinski definition) is 3. The number of hydrogen-bond donors (Lipinski definition) is 3. The maximum Gasteiger partial charge on any atom is 0.321 e. The Morgan fingerprint density at radius 3 is 2.95 bits per heavy atom. The van der Waals surface area contributed by atoms with Crippen molar-refractivity contribution in [3.05, 3.63) is 24.3 Å². The van der Waals surface area contributed by atoms with E-state index in [1.165, 1.54) is 25.7 Å². The molecule has 5 nitrogen and oxygen atoms in total. The number of anilines is 2. The number of nitrogens with zero attached hydrogens (tertiary/aromatic N) is 1. The summed E-state index contributed by atoms with van der Waals surface area (Å²) < 4.78 is 0. The molecule has 1 aliphatic heterocycles. The fourth-order valence-electron chi connectivity index (χ4n) is 3.38. The maximum atomic E-state index is 11.8. The average molecular weight is 288 g/mol. The Labute approximate surface area is 125 Å². The smallest absolute Gasteiger partial charge is 0.321 e. The van der Waals surface area contributed by atoms with E-state index in [1.54, 1.807) is 4.90 Å². The molecule has 0 spiro atoms. The maximum absolute atomic E-state index is 11.8. The fraction of sp³-hybridized carbons (Fsp3) is 0.562.